The first-order chi connectivity index (χ1) is 8.95. The van der Waals surface area contributed by atoms with Gasteiger partial charge in [-0.3, -0.25) is 9.10 Å². The van der Waals surface area contributed by atoms with Crippen LogP contribution in [0, 0.1) is 11.8 Å². The van der Waals surface area contributed by atoms with E-state index in [1.54, 1.807) is 31.2 Å². The van der Waals surface area contributed by atoms with Crippen molar-refractivity contribution >= 4 is 21.8 Å². The molecule has 2 rings (SSSR count). The van der Waals surface area contributed by atoms with Gasteiger partial charge in [0.05, 0.1) is 5.69 Å². The minimum Gasteiger partial charge on any atom is -0.274 e. The third-order valence-corrected chi connectivity index (χ3v) is 4.81. The van der Waals surface area contributed by atoms with E-state index >= 15 is 0 Å². The molecule has 1 aromatic rings. The molecule has 0 spiro atoms. The van der Waals surface area contributed by atoms with Gasteiger partial charge in [-0.15, -0.1) is 0 Å². The van der Waals surface area contributed by atoms with Crippen molar-refractivity contribution in [2.75, 3.05) is 10.8 Å². The molecule has 0 saturated heterocycles. The van der Waals surface area contributed by atoms with E-state index in [1.165, 1.54) is 4.31 Å². The van der Waals surface area contributed by atoms with Crippen LogP contribution in [0.4, 0.5) is 5.69 Å². The maximum absolute atomic E-state index is 12.2. The second-order valence-electron chi connectivity index (χ2n) is 4.79. The van der Waals surface area contributed by atoms with Crippen LogP contribution >= 0.6 is 0 Å². The van der Waals surface area contributed by atoms with E-state index < -0.39 is 16.1 Å². The Balaban J connectivity index is 2.15. The Labute approximate surface area is 113 Å². The molecule has 1 amide bonds. The maximum atomic E-state index is 12.2. The highest BCUT2D eigenvalue weighted by Crippen LogP contribution is 2.37. The summed E-state index contributed by atoms with van der Waals surface area (Å²) in [7, 11) is -3.82. The molecule has 0 aromatic heterocycles. The van der Waals surface area contributed by atoms with Gasteiger partial charge >= 0.3 is 10.2 Å². The van der Waals surface area contributed by atoms with Gasteiger partial charge in [-0.2, -0.15) is 8.42 Å². The van der Waals surface area contributed by atoms with Crippen molar-refractivity contribution in [1.29, 1.82) is 0 Å². The van der Waals surface area contributed by atoms with Gasteiger partial charge in [0.25, 0.3) is 0 Å². The molecule has 1 saturated carbocycles. The summed E-state index contributed by atoms with van der Waals surface area (Å²) in [6.07, 6.45) is 0.763. The highest BCUT2D eigenvalue weighted by Gasteiger charge is 2.41. The Morgan fingerprint density at radius 1 is 1.37 bits per heavy atom. The van der Waals surface area contributed by atoms with E-state index in [-0.39, 0.29) is 18.4 Å². The molecule has 0 aliphatic heterocycles. The number of nitrogens with zero attached hydrogens (tertiary/aromatic N) is 1. The number of hydrogen-bond acceptors (Lipinski definition) is 3. The normalized spacial score (nSPS) is 21.8. The van der Waals surface area contributed by atoms with Crippen molar-refractivity contribution in [2.45, 2.75) is 20.3 Å². The third kappa shape index (κ3) is 3.07. The molecule has 104 valence electrons. The molecule has 0 unspecified atom stereocenters. The van der Waals surface area contributed by atoms with Crippen molar-refractivity contribution in [3.8, 4) is 0 Å². The topological polar surface area (TPSA) is 66.5 Å². The summed E-state index contributed by atoms with van der Waals surface area (Å²) < 4.78 is 27.8. The van der Waals surface area contributed by atoms with Gasteiger partial charge in [-0.05, 0) is 31.4 Å². The molecule has 6 heteroatoms. The summed E-state index contributed by atoms with van der Waals surface area (Å²) in [5.41, 5.74) is 0.550. The fraction of sp³-hybridized carbons (Fsp3) is 0.462. The number of hydrogen-bond donors (Lipinski definition) is 1. The second kappa shape index (κ2) is 5.21. The lowest BCUT2D eigenvalue weighted by Gasteiger charge is -2.22. The molecule has 0 bridgehead atoms. The Morgan fingerprint density at radius 2 is 1.95 bits per heavy atom. The van der Waals surface area contributed by atoms with E-state index in [9.17, 15) is 13.2 Å². The molecule has 1 fully saturated rings. The number of nitrogens with one attached hydrogen (secondary N) is 1. The van der Waals surface area contributed by atoms with Crippen molar-refractivity contribution < 1.29 is 13.2 Å². The molecule has 5 nitrogen and oxygen atoms in total. The SMILES string of the molecule is CCN(c1ccccc1)S(=O)(=O)NC(=O)[C@H]1C[C@@H]1C. The fourth-order valence-electron chi connectivity index (χ4n) is 2.03. The second-order valence-corrected chi connectivity index (χ2v) is 6.39. The highest BCUT2D eigenvalue weighted by atomic mass is 32.2. The van der Waals surface area contributed by atoms with Crippen LogP contribution in [0.3, 0.4) is 0 Å². The van der Waals surface area contributed by atoms with Crippen LogP contribution in [-0.2, 0) is 15.0 Å². The predicted molar refractivity (Wildman–Crippen MR) is 73.8 cm³/mol. The van der Waals surface area contributed by atoms with Gasteiger partial charge in [0.15, 0.2) is 0 Å². The smallest absolute Gasteiger partial charge is 0.274 e. The molecule has 1 aromatic carbocycles. The molecule has 1 aliphatic carbocycles. The quantitative estimate of drug-likeness (QED) is 0.890. The lowest BCUT2D eigenvalue weighted by Crippen LogP contribution is -2.44. The van der Waals surface area contributed by atoms with Crippen LogP contribution in [-0.4, -0.2) is 20.9 Å². The van der Waals surface area contributed by atoms with Crippen molar-refractivity contribution in [2.24, 2.45) is 11.8 Å². The van der Waals surface area contributed by atoms with E-state index in [0.29, 0.717) is 5.69 Å². The van der Waals surface area contributed by atoms with Crippen molar-refractivity contribution in [1.82, 2.24) is 4.72 Å². The minimum atomic E-state index is -3.82. The molecule has 1 N–H and O–H groups in total. The van der Waals surface area contributed by atoms with Gasteiger partial charge in [0.2, 0.25) is 5.91 Å². The highest BCUT2D eigenvalue weighted by molar-refractivity contribution is 7.91. The van der Waals surface area contributed by atoms with E-state index in [1.807, 2.05) is 13.0 Å². The van der Waals surface area contributed by atoms with Gasteiger partial charge < -0.3 is 0 Å². The average Bonchev–Trinajstić information content (AvgIpc) is 3.08. The summed E-state index contributed by atoms with van der Waals surface area (Å²) in [6.45, 7) is 3.94. The molecule has 19 heavy (non-hydrogen) atoms. The summed E-state index contributed by atoms with van der Waals surface area (Å²) >= 11 is 0. The number of carbonyl (C=O) groups excluding carboxylic acids is 1. The van der Waals surface area contributed by atoms with Crippen LogP contribution in [0.5, 0.6) is 0 Å². The van der Waals surface area contributed by atoms with Crippen LogP contribution in [0.25, 0.3) is 0 Å². The Kier molecular flexibility index (Phi) is 3.80. The summed E-state index contributed by atoms with van der Waals surface area (Å²) in [4.78, 5) is 11.8. The lowest BCUT2D eigenvalue weighted by atomic mass is 10.3. The minimum absolute atomic E-state index is 0.163. The number of benzene rings is 1. The zero-order valence-electron chi connectivity index (χ0n) is 11.0. The number of para-hydroxylation sites is 1. The standard InChI is InChI=1S/C13H18N2O3S/c1-3-15(11-7-5-4-6-8-11)19(17,18)14-13(16)12-9-10(12)2/h4-8,10,12H,3,9H2,1-2H3,(H,14,16)/t10-,12-/m0/s1. The van der Waals surface area contributed by atoms with Crippen LogP contribution in [0.2, 0.25) is 0 Å². The first-order valence-electron chi connectivity index (χ1n) is 6.35. The number of amides is 1. The largest absolute Gasteiger partial charge is 0.326 e. The van der Waals surface area contributed by atoms with Crippen molar-refractivity contribution in [3.05, 3.63) is 30.3 Å². The third-order valence-electron chi connectivity index (χ3n) is 3.30. The monoisotopic (exact) mass is 282 g/mol. The Morgan fingerprint density at radius 3 is 2.42 bits per heavy atom. The number of carbonyl (C=O) groups is 1. The van der Waals surface area contributed by atoms with Crippen LogP contribution in [0.15, 0.2) is 30.3 Å². The molecule has 0 heterocycles. The fourth-order valence-corrected chi connectivity index (χ4v) is 3.29. The van der Waals surface area contributed by atoms with E-state index in [4.69, 9.17) is 0 Å². The van der Waals surface area contributed by atoms with Crippen LogP contribution in [0.1, 0.15) is 20.3 Å². The summed E-state index contributed by atoms with van der Waals surface area (Å²) in [6, 6.07) is 8.74. The zero-order valence-corrected chi connectivity index (χ0v) is 11.9. The first-order valence-corrected chi connectivity index (χ1v) is 7.79. The number of anilines is 1. The zero-order chi connectivity index (χ0) is 14.0. The van der Waals surface area contributed by atoms with Gasteiger partial charge in [-0.25, -0.2) is 4.72 Å². The lowest BCUT2D eigenvalue weighted by molar-refractivity contribution is -0.120. The van der Waals surface area contributed by atoms with Crippen LogP contribution < -0.4 is 9.03 Å². The molecular formula is C13H18N2O3S. The van der Waals surface area contributed by atoms with E-state index in [2.05, 4.69) is 4.72 Å². The first kappa shape index (κ1) is 13.9. The van der Waals surface area contributed by atoms with Gasteiger partial charge in [0, 0.05) is 12.5 Å². The van der Waals surface area contributed by atoms with E-state index in [0.717, 1.165) is 6.42 Å². The predicted octanol–water partition coefficient (Wildman–Crippen LogP) is 1.53. The summed E-state index contributed by atoms with van der Waals surface area (Å²) in [5.74, 6) is -0.284. The average molecular weight is 282 g/mol. The molecule has 2 atom stereocenters. The molecule has 1 aliphatic rings. The van der Waals surface area contributed by atoms with Crippen molar-refractivity contribution in [3.63, 3.8) is 0 Å². The maximum Gasteiger partial charge on any atom is 0.326 e. The Bertz CT molecular complexity index is 557. The Hall–Kier alpha value is -1.56. The summed E-state index contributed by atoms with van der Waals surface area (Å²) in [5, 5.41) is 0. The van der Waals surface area contributed by atoms with Gasteiger partial charge in [0.1, 0.15) is 0 Å². The van der Waals surface area contributed by atoms with Gasteiger partial charge in [-0.1, -0.05) is 25.1 Å². The molecule has 0 radical (unpaired) electrons. The number of rotatable bonds is 5. The molecular weight excluding hydrogens is 264 g/mol.